The molecule has 1 atom stereocenters. The molecule has 39 heavy (non-hydrogen) atoms. The summed E-state index contributed by atoms with van der Waals surface area (Å²) in [6.07, 6.45) is 2.70. The first kappa shape index (κ1) is 26.8. The molecule has 0 unspecified atom stereocenters. The van der Waals surface area contributed by atoms with E-state index >= 15 is 0 Å². The lowest BCUT2D eigenvalue weighted by Crippen LogP contribution is -2.48. The van der Waals surface area contributed by atoms with Gasteiger partial charge in [-0.25, -0.2) is 0 Å². The lowest BCUT2D eigenvalue weighted by molar-refractivity contribution is -0.136. The van der Waals surface area contributed by atoms with Gasteiger partial charge in [-0.1, -0.05) is 56.3 Å². The van der Waals surface area contributed by atoms with Gasteiger partial charge in [0.25, 0.3) is 5.91 Å². The molecule has 3 heterocycles. The van der Waals surface area contributed by atoms with Crippen LogP contribution in [0.4, 0.5) is 0 Å². The first-order valence-corrected chi connectivity index (χ1v) is 13.8. The Hall–Kier alpha value is -3.84. The Morgan fingerprint density at radius 2 is 1.79 bits per heavy atom. The Kier molecular flexibility index (Phi) is 8.17. The van der Waals surface area contributed by atoms with E-state index in [1.54, 1.807) is 12.1 Å². The third-order valence-electron chi connectivity index (χ3n) is 7.54. The quantitative estimate of drug-likeness (QED) is 0.389. The van der Waals surface area contributed by atoms with Crippen molar-refractivity contribution in [1.82, 2.24) is 14.7 Å². The van der Waals surface area contributed by atoms with Crippen molar-refractivity contribution in [3.8, 4) is 5.75 Å². The Balaban J connectivity index is 1.29. The molecule has 5 rings (SSSR count). The molecule has 0 aliphatic carbocycles. The second-order valence-electron chi connectivity index (χ2n) is 10.5. The highest BCUT2D eigenvalue weighted by molar-refractivity contribution is 5.91. The fourth-order valence-corrected chi connectivity index (χ4v) is 5.44. The van der Waals surface area contributed by atoms with Gasteiger partial charge in [0, 0.05) is 45.2 Å². The highest BCUT2D eigenvalue weighted by atomic mass is 16.5. The number of hydrogen-bond donors (Lipinski definition) is 0. The van der Waals surface area contributed by atoms with Crippen LogP contribution < -0.4 is 4.74 Å². The van der Waals surface area contributed by atoms with Crippen LogP contribution in [0.1, 0.15) is 52.9 Å². The standard InChI is InChI=1S/C32H37N3O4/c1-4-15-33-17-19-34(20-18-33)32(37)29-13-12-27(39-29)22-38-26-11-10-24-14-16-35(31(36)23(2)3)30(28(24)21-26)25-8-6-5-7-9-25/h4-13,21,23,30H,1,14-20,22H2,2-3H3/t30-/m0/s1. The van der Waals surface area contributed by atoms with Gasteiger partial charge >= 0.3 is 0 Å². The van der Waals surface area contributed by atoms with Crippen LogP contribution >= 0.6 is 0 Å². The van der Waals surface area contributed by atoms with Crippen LogP contribution in [0.2, 0.25) is 0 Å². The van der Waals surface area contributed by atoms with E-state index < -0.39 is 0 Å². The second kappa shape index (κ2) is 11.9. The molecule has 0 saturated carbocycles. The molecule has 3 aromatic rings. The smallest absolute Gasteiger partial charge is 0.289 e. The molecule has 2 aliphatic heterocycles. The second-order valence-corrected chi connectivity index (χ2v) is 10.5. The molecule has 2 aliphatic rings. The first-order chi connectivity index (χ1) is 18.9. The highest BCUT2D eigenvalue weighted by Gasteiger charge is 2.33. The number of hydrogen-bond acceptors (Lipinski definition) is 5. The Morgan fingerprint density at radius 1 is 1.03 bits per heavy atom. The number of carbonyl (C=O) groups is 2. The molecular formula is C32H37N3O4. The van der Waals surface area contributed by atoms with Crippen LogP contribution in [-0.4, -0.2) is 65.8 Å². The maximum atomic E-state index is 13.1. The van der Waals surface area contributed by atoms with Crippen molar-refractivity contribution in [1.29, 1.82) is 0 Å². The SMILES string of the molecule is C=CCN1CCN(C(=O)c2ccc(COc3ccc4c(c3)[C@H](c3ccccc3)N(C(=O)C(C)C)CC4)o2)CC1. The van der Waals surface area contributed by atoms with E-state index in [1.807, 2.05) is 60.1 Å². The van der Waals surface area contributed by atoms with E-state index in [4.69, 9.17) is 9.15 Å². The van der Waals surface area contributed by atoms with Crippen LogP contribution in [0.5, 0.6) is 5.75 Å². The minimum Gasteiger partial charge on any atom is -0.486 e. The average Bonchev–Trinajstić information content (AvgIpc) is 3.44. The molecule has 7 nitrogen and oxygen atoms in total. The van der Waals surface area contributed by atoms with E-state index in [1.165, 1.54) is 5.56 Å². The van der Waals surface area contributed by atoms with Crippen LogP contribution in [-0.2, 0) is 17.8 Å². The van der Waals surface area contributed by atoms with E-state index in [0.717, 1.165) is 37.2 Å². The first-order valence-electron chi connectivity index (χ1n) is 13.8. The third kappa shape index (κ3) is 5.93. The Bertz CT molecular complexity index is 1310. The summed E-state index contributed by atoms with van der Waals surface area (Å²) in [6.45, 7) is 12.4. The van der Waals surface area contributed by atoms with Crippen LogP contribution in [0.3, 0.4) is 0 Å². The van der Waals surface area contributed by atoms with E-state index in [2.05, 4.69) is 29.7 Å². The van der Waals surface area contributed by atoms with Gasteiger partial charge in [-0.3, -0.25) is 14.5 Å². The number of nitrogens with zero attached hydrogens (tertiary/aromatic N) is 3. The fraction of sp³-hybridized carbons (Fsp3) is 0.375. The largest absolute Gasteiger partial charge is 0.486 e. The zero-order chi connectivity index (χ0) is 27.4. The van der Waals surface area contributed by atoms with Gasteiger partial charge in [-0.05, 0) is 47.4 Å². The minimum absolute atomic E-state index is 0.0796. The maximum Gasteiger partial charge on any atom is 0.289 e. The Labute approximate surface area is 230 Å². The summed E-state index contributed by atoms with van der Waals surface area (Å²) in [5.41, 5.74) is 3.40. The molecule has 1 fully saturated rings. The number of benzene rings is 2. The number of rotatable bonds is 8. The molecule has 2 amide bonds. The molecule has 0 spiro atoms. The summed E-state index contributed by atoms with van der Waals surface area (Å²) in [7, 11) is 0. The average molecular weight is 528 g/mol. The molecule has 0 N–H and O–H groups in total. The zero-order valence-electron chi connectivity index (χ0n) is 22.8. The molecule has 7 heteroatoms. The van der Waals surface area contributed by atoms with Gasteiger partial charge in [0.1, 0.15) is 18.1 Å². The van der Waals surface area contributed by atoms with Gasteiger partial charge < -0.3 is 19.0 Å². The van der Waals surface area contributed by atoms with E-state index in [0.29, 0.717) is 36.9 Å². The fourth-order valence-electron chi connectivity index (χ4n) is 5.44. The molecule has 0 radical (unpaired) electrons. The van der Waals surface area contributed by atoms with Gasteiger partial charge in [0.15, 0.2) is 5.76 Å². The summed E-state index contributed by atoms with van der Waals surface area (Å²) >= 11 is 0. The van der Waals surface area contributed by atoms with Crippen molar-refractivity contribution in [3.63, 3.8) is 0 Å². The monoisotopic (exact) mass is 527 g/mol. The molecule has 2 aromatic carbocycles. The lowest BCUT2D eigenvalue weighted by atomic mass is 9.87. The molecule has 204 valence electrons. The summed E-state index contributed by atoms with van der Waals surface area (Å²) in [6, 6.07) is 19.7. The number of furan rings is 1. The van der Waals surface area contributed by atoms with Crippen LogP contribution in [0.15, 0.2) is 77.7 Å². The number of fused-ring (bicyclic) bond motifs is 1. The normalized spacial score (nSPS) is 17.7. The van der Waals surface area contributed by atoms with Crippen molar-refractivity contribution >= 4 is 11.8 Å². The van der Waals surface area contributed by atoms with Crippen molar-refractivity contribution in [2.75, 3.05) is 39.3 Å². The molecular weight excluding hydrogens is 490 g/mol. The van der Waals surface area contributed by atoms with Crippen molar-refractivity contribution < 1.29 is 18.7 Å². The highest BCUT2D eigenvalue weighted by Crippen LogP contribution is 2.38. The topological polar surface area (TPSA) is 66.2 Å². The summed E-state index contributed by atoms with van der Waals surface area (Å²) in [5.74, 6) is 1.62. The van der Waals surface area contributed by atoms with E-state index in [-0.39, 0.29) is 30.4 Å². The Morgan fingerprint density at radius 3 is 2.51 bits per heavy atom. The number of amides is 2. The number of carbonyl (C=O) groups excluding carboxylic acids is 2. The molecule has 1 aromatic heterocycles. The number of piperazine rings is 1. The van der Waals surface area contributed by atoms with Gasteiger partial charge in [-0.2, -0.15) is 0 Å². The van der Waals surface area contributed by atoms with Gasteiger partial charge in [-0.15, -0.1) is 6.58 Å². The third-order valence-corrected chi connectivity index (χ3v) is 7.54. The van der Waals surface area contributed by atoms with Gasteiger partial charge in [0.2, 0.25) is 5.91 Å². The maximum absolute atomic E-state index is 13.1. The predicted molar refractivity (Wildman–Crippen MR) is 151 cm³/mol. The van der Waals surface area contributed by atoms with Crippen LogP contribution in [0.25, 0.3) is 0 Å². The van der Waals surface area contributed by atoms with Crippen LogP contribution in [0, 0.1) is 5.92 Å². The summed E-state index contributed by atoms with van der Waals surface area (Å²) in [5, 5.41) is 0. The molecule has 1 saturated heterocycles. The number of ether oxygens (including phenoxy) is 1. The molecule has 0 bridgehead atoms. The van der Waals surface area contributed by atoms with Gasteiger partial charge in [0.05, 0.1) is 6.04 Å². The van der Waals surface area contributed by atoms with Crippen molar-refractivity contribution in [3.05, 3.63) is 102 Å². The van der Waals surface area contributed by atoms with E-state index in [9.17, 15) is 9.59 Å². The van der Waals surface area contributed by atoms with Crippen molar-refractivity contribution in [2.45, 2.75) is 32.9 Å². The zero-order valence-corrected chi connectivity index (χ0v) is 22.8. The summed E-state index contributed by atoms with van der Waals surface area (Å²) < 4.78 is 12.0. The minimum atomic E-state index is -0.159. The predicted octanol–water partition coefficient (Wildman–Crippen LogP) is 4.93. The van der Waals surface area contributed by atoms with Crippen molar-refractivity contribution in [2.24, 2.45) is 5.92 Å². The lowest BCUT2D eigenvalue weighted by Gasteiger charge is -2.39. The summed E-state index contributed by atoms with van der Waals surface area (Å²) in [4.78, 5) is 32.2.